The van der Waals surface area contributed by atoms with E-state index < -0.39 is 9.84 Å². The Morgan fingerprint density at radius 1 is 0.875 bits per heavy atom. The largest absolute Gasteiger partial charge is 0.223 e. The van der Waals surface area contributed by atoms with E-state index in [0.717, 1.165) is 6.42 Å². The van der Waals surface area contributed by atoms with Crippen molar-refractivity contribution < 1.29 is 8.42 Å². The Kier molecular flexibility index (Phi) is 11.1. The average molecular weight is 545 g/mol. The second-order valence-electron chi connectivity index (χ2n) is 5.94. The van der Waals surface area contributed by atoms with Gasteiger partial charge in [0.15, 0.2) is 9.84 Å². The Balaban J connectivity index is 2.47. The third-order valence-electron chi connectivity index (χ3n) is 3.87. The van der Waals surface area contributed by atoms with Gasteiger partial charge in [-0.05, 0) is 62.4 Å². The molecule has 0 amide bonds. The van der Waals surface area contributed by atoms with E-state index in [2.05, 4.69) is 54.7 Å². The van der Waals surface area contributed by atoms with E-state index in [4.69, 9.17) is 0 Å². The zero-order chi connectivity index (χ0) is 18.0. The van der Waals surface area contributed by atoms with Gasteiger partial charge in [0.25, 0.3) is 0 Å². The maximum Gasteiger partial charge on any atom is 0.183 e. The highest BCUT2D eigenvalue weighted by molar-refractivity contribution is 9.29. The minimum absolute atomic E-state index is 0.0596. The summed E-state index contributed by atoms with van der Waals surface area (Å²) in [6, 6.07) is 7.30. The van der Waals surface area contributed by atoms with Crippen LogP contribution in [0.1, 0.15) is 57.4 Å². The van der Waals surface area contributed by atoms with E-state index in [9.17, 15) is 8.42 Å². The number of hydrogen-bond acceptors (Lipinski definition) is 2. The lowest BCUT2D eigenvalue weighted by Crippen LogP contribution is -2.07. The van der Waals surface area contributed by atoms with E-state index in [1.807, 2.05) is 12.1 Å². The highest BCUT2D eigenvalue weighted by Crippen LogP contribution is 2.27. The number of hydrogen-bond donors (Lipinski definition) is 0. The molecule has 1 aromatic rings. The first kappa shape index (κ1) is 22.4. The van der Waals surface area contributed by atoms with Crippen molar-refractivity contribution in [2.24, 2.45) is 0 Å². The summed E-state index contributed by atoms with van der Waals surface area (Å²) in [7, 11) is -3.32. The molecular weight excluding hydrogens is 520 g/mol. The molecular formula is C18H25Br3O2S. The SMILES string of the molecule is CCCCCCCCCc1ccc(S(=O)(=O)CC(Br)=C(Br)Br)cc1. The monoisotopic (exact) mass is 542 g/mol. The molecule has 0 heterocycles. The first-order valence-corrected chi connectivity index (χ1v) is 12.4. The fourth-order valence-corrected chi connectivity index (χ4v) is 5.21. The summed E-state index contributed by atoms with van der Waals surface area (Å²) in [6.07, 6.45) is 10.0. The summed E-state index contributed by atoms with van der Waals surface area (Å²) in [5.74, 6) is -0.0596. The molecule has 0 bridgehead atoms. The molecule has 0 unspecified atom stereocenters. The Bertz CT molecular complexity index is 618. The first-order chi connectivity index (χ1) is 11.4. The van der Waals surface area contributed by atoms with Crippen molar-refractivity contribution in [2.45, 2.75) is 63.2 Å². The highest BCUT2D eigenvalue weighted by Gasteiger charge is 2.17. The van der Waals surface area contributed by atoms with Crippen molar-refractivity contribution in [3.8, 4) is 0 Å². The highest BCUT2D eigenvalue weighted by atomic mass is 79.9. The third-order valence-corrected chi connectivity index (χ3v) is 8.60. The Morgan fingerprint density at radius 3 is 1.96 bits per heavy atom. The van der Waals surface area contributed by atoms with Crippen LogP contribution in [0, 0.1) is 0 Å². The van der Waals surface area contributed by atoms with Crippen LogP contribution < -0.4 is 0 Å². The minimum Gasteiger partial charge on any atom is -0.223 e. The van der Waals surface area contributed by atoms with Crippen molar-refractivity contribution in [3.05, 3.63) is 37.7 Å². The quantitative estimate of drug-likeness (QED) is 0.278. The topological polar surface area (TPSA) is 34.1 Å². The van der Waals surface area contributed by atoms with Crippen LogP contribution in [0.2, 0.25) is 0 Å². The Hall–Kier alpha value is 0.350. The summed E-state index contributed by atoms with van der Waals surface area (Å²) < 4.78 is 25.9. The predicted octanol–water partition coefficient (Wildman–Crippen LogP) is 7.11. The summed E-state index contributed by atoms with van der Waals surface area (Å²) in [4.78, 5) is 0.365. The van der Waals surface area contributed by atoms with Crippen LogP contribution in [0.5, 0.6) is 0 Å². The molecule has 136 valence electrons. The van der Waals surface area contributed by atoms with E-state index in [0.29, 0.717) is 12.8 Å². The fourth-order valence-electron chi connectivity index (χ4n) is 2.45. The number of aryl methyl sites for hydroxylation is 1. The van der Waals surface area contributed by atoms with Crippen molar-refractivity contribution in [1.82, 2.24) is 0 Å². The Labute approximate surface area is 171 Å². The summed E-state index contributed by atoms with van der Waals surface area (Å²) >= 11 is 9.69. The van der Waals surface area contributed by atoms with Crippen molar-refractivity contribution in [3.63, 3.8) is 0 Å². The van der Waals surface area contributed by atoms with E-state index in [1.165, 1.54) is 50.5 Å². The normalized spacial score (nSPS) is 11.5. The number of halogens is 3. The van der Waals surface area contributed by atoms with Gasteiger partial charge in [0, 0.05) is 4.48 Å². The second-order valence-corrected chi connectivity index (χ2v) is 11.5. The molecule has 0 aliphatic rings. The zero-order valence-electron chi connectivity index (χ0n) is 14.0. The van der Waals surface area contributed by atoms with E-state index in [-0.39, 0.29) is 5.75 Å². The van der Waals surface area contributed by atoms with Crippen LogP contribution in [0.3, 0.4) is 0 Å². The van der Waals surface area contributed by atoms with Gasteiger partial charge < -0.3 is 0 Å². The van der Waals surface area contributed by atoms with Gasteiger partial charge in [-0.25, -0.2) is 8.42 Å². The molecule has 0 N–H and O–H groups in total. The first-order valence-electron chi connectivity index (χ1n) is 8.38. The fraction of sp³-hybridized carbons (Fsp3) is 0.556. The lowest BCUT2D eigenvalue weighted by molar-refractivity contribution is 0.589. The van der Waals surface area contributed by atoms with Crippen LogP contribution in [-0.4, -0.2) is 14.2 Å². The van der Waals surface area contributed by atoms with Crippen LogP contribution in [-0.2, 0) is 16.3 Å². The molecule has 2 nitrogen and oxygen atoms in total. The van der Waals surface area contributed by atoms with Crippen LogP contribution in [0.4, 0.5) is 0 Å². The van der Waals surface area contributed by atoms with Gasteiger partial charge in [-0.2, -0.15) is 0 Å². The molecule has 6 heteroatoms. The lowest BCUT2D eigenvalue weighted by atomic mass is 10.0. The summed E-state index contributed by atoms with van der Waals surface area (Å²) in [5.41, 5.74) is 1.21. The molecule has 0 saturated heterocycles. The maximum atomic E-state index is 12.3. The standard InChI is InChI=1S/C18H25Br3O2S/c1-2-3-4-5-6-7-8-9-15-10-12-16(13-11-15)24(22,23)14-17(19)18(20)21/h10-13H,2-9,14H2,1H3. The van der Waals surface area contributed by atoms with Gasteiger partial charge in [-0.1, -0.05) is 73.5 Å². The molecule has 0 aliphatic heterocycles. The number of rotatable bonds is 11. The zero-order valence-corrected chi connectivity index (χ0v) is 19.6. The van der Waals surface area contributed by atoms with Crippen LogP contribution in [0.15, 0.2) is 37.0 Å². The molecule has 1 rings (SSSR count). The number of benzene rings is 1. The lowest BCUT2D eigenvalue weighted by Gasteiger charge is -2.06. The van der Waals surface area contributed by atoms with Gasteiger partial charge in [0.05, 0.1) is 14.0 Å². The molecule has 0 aliphatic carbocycles. The summed E-state index contributed by atoms with van der Waals surface area (Å²) in [5, 5.41) is 0. The summed E-state index contributed by atoms with van der Waals surface area (Å²) in [6.45, 7) is 2.23. The van der Waals surface area contributed by atoms with Crippen LogP contribution >= 0.6 is 47.8 Å². The van der Waals surface area contributed by atoms with Crippen LogP contribution in [0.25, 0.3) is 0 Å². The average Bonchev–Trinajstić information content (AvgIpc) is 2.54. The molecule has 0 saturated carbocycles. The van der Waals surface area contributed by atoms with Gasteiger partial charge >= 0.3 is 0 Å². The van der Waals surface area contributed by atoms with E-state index >= 15 is 0 Å². The van der Waals surface area contributed by atoms with Crippen molar-refractivity contribution in [2.75, 3.05) is 5.75 Å². The molecule has 0 aromatic heterocycles. The molecule has 1 aromatic carbocycles. The van der Waals surface area contributed by atoms with Crippen molar-refractivity contribution >= 4 is 57.6 Å². The van der Waals surface area contributed by atoms with Gasteiger partial charge in [0.1, 0.15) is 0 Å². The van der Waals surface area contributed by atoms with Gasteiger partial charge in [-0.15, -0.1) is 0 Å². The molecule has 0 radical (unpaired) electrons. The second kappa shape index (κ2) is 11.9. The van der Waals surface area contributed by atoms with Gasteiger partial charge in [-0.3, -0.25) is 0 Å². The molecule has 0 atom stereocenters. The maximum absolute atomic E-state index is 12.3. The Morgan fingerprint density at radius 2 is 1.42 bits per heavy atom. The van der Waals surface area contributed by atoms with Gasteiger partial charge in [0.2, 0.25) is 0 Å². The number of unbranched alkanes of at least 4 members (excludes halogenated alkanes) is 6. The third kappa shape index (κ3) is 8.63. The molecule has 0 spiro atoms. The molecule has 0 fully saturated rings. The van der Waals surface area contributed by atoms with Crippen molar-refractivity contribution in [1.29, 1.82) is 0 Å². The number of sulfone groups is 1. The minimum atomic E-state index is -3.32. The molecule has 24 heavy (non-hydrogen) atoms. The smallest absolute Gasteiger partial charge is 0.183 e. The predicted molar refractivity (Wildman–Crippen MR) is 114 cm³/mol. The van der Waals surface area contributed by atoms with E-state index in [1.54, 1.807) is 12.1 Å².